The molecule has 1 unspecified atom stereocenters. The van der Waals surface area contributed by atoms with Gasteiger partial charge in [0, 0.05) is 18.5 Å². The maximum absolute atomic E-state index is 11.1. The fourth-order valence-electron chi connectivity index (χ4n) is 2.36. The number of rotatable bonds is 5. The number of piperidine rings is 1. The zero-order valence-corrected chi connectivity index (χ0v) is 12.3. The second kappa shape index (κ2) is 6.86. The van der Waals surface area contributed by atoms with Crippen LogP contribution >= 0.6 is 11.3 Å². The summed E-state index contributed by atoms with van der Waals surface area (Å²) in [7, 11) is 3.57. The van der Waals surface area contributed by atoms with Crippen molar-refractivity contribution in [2.45, 2.75) is 19.3 Å². The Hall–Kier alpha value is -1.14. The van der Waals surface area contributed by atoms with E-state index in [0.717, 1.165) is 23.9 Å². The summed E-state index contributed by atoms with van der Waals surface area (Å²) in [6.07, 6.45) is 2.80. The molecule has 0 bridgehead atoms. The van der Waals surface area contributed by atoms with Gasteiger partial charge in [-0.1, -0.05) is 0 Å². The van der Waals surface area contributed by atoms with Crippen molar-refractivity contribution in [2.24, 2.45) is 5.92 Å². The molecule has 2 heterocycles. The highest BCUT2D eigenvalue weighted by atomic mass is 32.1. The summed E-state index contributed by atoms with van der Waals surface area (Å²) < 4.78 is 4.63. The number of methoxy groups -OCH3 is 1. The molecule has 1 atom stereocenters. The van der Waals surface area contributed by atoms with E-state index >= 15 is 0 Å². The Morgan fingerprint density at radius 3 is 3.26 bits per heavy atom. The number of nitrogens with zero attached hydrogens (tertiary/aromatic N) is 2. The molecule has 0 radical (unpaired) electrons. The first-order valence-corrected chi connectivity index (χ1v) is 7.49. The Labute approximate surface area is 118 Å². The molecule has 2 rings (SSSR count). The molecule has 106 valence electrons. The van der Waals surface area contributed by atoms with Gasteiger partial charge in [-0.15, -0.1) is 11.3 Å². The topological polar surface area (TPSA) is 54.5 Å². The van der Waals surface area contributed by atoms with E-state index in [1.165, 1.54) is 26.5 Å². The first kappa shape index (κ1) is 14.3. The summed E-state index contributed by atoms with van der Waals surface area (Å²) >= 11 is 1.55. The highest BCUT2D eigenvalue weighted by Crippen LogP contribution is 2.19. The molecule has 1 aromatic heterocycles. The molecule has 6 heteroatoms. The molecule has 19 heavy (non-hydrogen) atoms. The summed E-state index contributed by atoms with van der Waals surface area (Å²) in [5.74, 6) is 0.442. The normalized spacial score (nSPS) is 20.2. The lowest BCUT2D eigenvalue weighted by Gasteiger charge is -2.29. The number of nitrogens with one attached hydrogen (secondary N) is 1. The third-order valence-electron chi connectivity index (χ3n) is 3.37. The summed E-state index contributed by atoms with van der Waals surface area (Å²) in [5.41, 5.74) is 0.778. The zero-order chi connectivity index (χ0) is 13.7. The average molecular weight is 283 g/mol. The number of hydrogen-bond donors (Lipinski definition) is 1. The predicted octanol–water partition coefficient (Wildman–Crippen LogP) is 1.61. The van der Waals surface area contributed by atoms with E-state index in [4.69, 9.17) is 0 Å². The molecule has 5 nitrogen and oxygen atoms in total. The van der Waals surface area contributed by atoms with E-state index in [0.29, 0.717) is 5.92 Å². The van der Waals surface area contributed by atoms with Gasteiger partial charge >= 0.3 is 5.97 Å². The van der Waals surface area contributed by atoms with Gasteiger partial charge in [0.2, 0.25) is 0 Å². The van der Waals surface area contributed by atoms with Gasteiger partial charge in [-0.05, 0) is 32.4 Å². The Kier molecular flexibility index (Phi) is 5.15. The lowest BCUT2D eigenvalue weighted by molar-refractivity contribution is -0.139. The molecule has 0 amide bonds. The Morgan fingerprint density at radius 1 is 1.68 bits per heavy atom. The molecule has 1 fully saturated rings. The number of ether oxygens (including phenoxy) is 1. The van der Waals surface area contributed by atoms with Crippen LogP contribution in [0.1, 0.15) is 18.5 Å². The molecule has 0 spiro atoms. The van der Waals surface area contributed by atoms with E-state index in [9.17, 15) is 4.79 Å². The fourth-order valence-corrected chi connectivity index (χ4v) is 3.08. The van der Waals surface area contributed by atoms with Crippen molar-refractivity contribution in [3.63, 3.8) is 0 Å². The SMILES string of the molecule is COC(=O)Cc1csc(NCC2CCCN(C)C2)n1. The van der Waals surface area contributed by atoms with Gasteiger partial charge in [0.05, 0.1) is 19.2 Å². The number of esters is 1. The lowest BCUT2D eigenvalue weighted by Crippen LogP contribution is -2.35. The number of carbonyl (C=O) groups is 1. The summed E-state index contributed by atoms with van der Waals surface area (Å²) in [5, 5.41) is 6.18. The van der Waals surface area contributed by atoms with Crippen LogP contribution in [0.4, 0.5) is 5.13 Å². The van der Waals surface area contributed by atoms with Crippen LogP contribution in [0, 0.1) is 5.92 Å². The van der Waals surface area contributed by atoms with E-state index in [1.807, 2.05) is 5.38 Å². The minimum Gasteiger partial charge on any atom is -0.469 e. The van der Waals surface area contributed by atoms with Crippen LogP contribution in [-0.2, 0) is 16.0 Å². The van der Waals surface area contributed by atoms with Crippen molar-refractivity contribution in [3.8, 4) is 0 Å². The van der Waals surface area contributed by atoms with Crippen LogP contribution in [0.25, 0.3) is 0 Å². The quantitative estimate of drug-likeness (QED) is 0.832. The van der Waals surface area contributed by atoms with Crippen LogP contribution < -0.4 is 5.32 Å². The van der Waals surface area contributed by atoms with Gasteiger partial charge in [-0.2, -0.15) is 0 Å². The monoisotopic (exact) mass is 283 g/mol. The highest BCUT2D eigenvalue weighted by molar-refractivity contribution is 7.13. The third kappa shape index (κ3) is 4.47. The molecule has 1 aromatic rings. The van der Waals surface area contributed by atoms with Gasteiger partial charge < -0.3 is 15.0 Å². The Bertz CT molecular complexity index is 422. The standard InChI is InChI=1S/C13H21N3O2S/c1-16-5-3-4-10(8-16)7-14-13-15-11(9-19-13)6-12(17)18-2/h9-10H,3-8H2,1-2H3,(H,14,15). The van der Waals surface area contributed by atoms with Crippen LogP contribution in [0.2, 0.25) is 0 Å². The van der Waals surface area contributed by atoms with Gasteiger partial charge in [0.15, 0.2) is 5.13 Å². The highest BCUT2D eigenvalue weighted by Gasteiger charge is 2.17. The minimum atomic E-state index is -0.245. The number of anilines is 1. The number of likely N-dealkylation sites (tertiary alicyclic amines) is 1. The van der Waals surface area contributed by atoms with E-state index < -0.39 is 0 Å². The molecule has 1 aliphatic rings. The van der Waals surface area contributed by atoms with Gasteiger partial charge in [-0.3, -0.25) is 4.79 Å². The molecule has 1 N–H and O–H groups in total. The lowest BCUT2D eigenvalue weighted by atomic mass is 9.99. The molecule has 1 saturated heterocycles. The molecular formula is C13H21N3O2S. The second-order valence-electron chi connectivity index (χ2n) is 5.05. The van der Waals surface area contributed by atoms with Crippen molar-refractivity contribution in [1.82, 2.24) is 9.88 Å². The Balaban J connectivity index is 1.78. The van der Waals surface area contributed by atoms with Crippen molar-refractivity contribution >= 4 is 22.4 Å². The summed E-state index contributed by atoms with van der Waals surface area (Å²) in [6.45, 7) is 3.31. The van der Waals surface area contributed by atoms with E-state index in [-0.39, 0.29) is 12.4 Å². The molecule has 0 aliphatic carbocycles. The summed E-state index contributed by atoms with van der Waals surface area (Å²) in [6, 6.07) is 0. The van der Waals surface area contributed by atoms with Crippen LogP contribution in [0.15, 0.2) is 5.38 Å². The van der Waals surface area contributed by atoms with Crippen LogP contribution in [-0.4, -0.2) is 49.6 Å². The number of aromatic nitrogens is 1. The van der Waals surface area contributed by atoms with E-state index in [2.05, 4.69) is 27.0 Å². The largest absolute Gasteiger partial charge is 0.469 e. The molecule has 0 saturated carbocycles. The maximum atomic E-state index is 11.1. The third-order valence-corrected chi connectivity index (χ3v) is 4.22. The maximum Gasteiger partial charge on any atom is 0.311 e. The van der Waals surface area contributed by atoms with Gasteiger partial charge in [0.1, 0.15) is 0 Å². The van der Waals surface area contributed by atoms with Crippen molar-refractivity contribution in [2.75, 3.05) is 39.1 Å². The zero-order valence-electron chi connectivity index (χ0n) is 11.5. The van der Waals surface area contributed by atoms with Crippen molar-refractivity contribution in [3.05, 3.63) is 11.1 Å². The van der Waals surface area contributed by atoms with Crippen LogP contribution in [0.5, 0.6) is 0 Å². The van der Waals surface area contributed by atoms with Crippen LogP contribution in [0.3, 0.4) is 0 Å². The number of carbonyl (C=O) groups excluding carboxylic acids is 1. The van der Waals surface area contributed by atoms with Gasteiger partial charge in [0.25, 0.3) is 0 Å². The molecule has 1 aliphatic heterocycles. The Morgan fingerprint density at radius 2 is 2.53 bits per heavy atom. The number of hydrogen-bond acceptors (Lipinski definition) is 6. The smallest absolute Gasteiger partial charge is 0.311 e. The summed E-state index contributed by atoms with van der Waals surface area (Å²) in [4.78, 5) is 17.9. The van der Waals surface area contributed by atoms with Gasteiger partial charge in [-0.25, -0.2) is 4.98 Å². The molecule has 0 aromatic carbocycles. The first-order chi connectivity index (χ1) is 9.17. The second-order valence-corrected chi connectivity index (χ2v) is 5.91. The first-order valence-electron chi connectivity index (χ1n) is 6.61. The average Bonchev–Trinajstić information content (AvgIpc) is 2.84. The van der Waals surface area contributed by atoms with E-state index in [1.54, 1.807) is 11.3 Å². The van der Waals surface area contributed by atoms with Crippen molar-refractivity contribution in [1.29, 1.82) is 0 Å². The predicted molar refractivity (Wildman–Crippen MR) is 76.5 cm³/mol. The van der Waals surface area contributed by atoms with Crippen molar-refractivity contribution < 1.29 is 9.53 Å². The minimum absolute atomic E-state index is 0.245. The number of thiazole rings is 1. The molecular weight excluding hydrogens is 262 g/mol. The fraction of sp³-hybridized carbons (Fsp3) is 0.692.